The highest BCUT2D eigenvalue weighted by molar-refractivity contribution is 5.81. The number of nitrogens with zero attached hydrogens (tertiary/aromatic N) is 1. The highest BCUT2D eigenvalue weighted by Gasteiger charge is 2.38. The number of fused-ring (bicyclic) bond motifs is 1. The molecule has 1 aromatic heterocycles. The van der Waals surface area contributed by atoms with E-state index in [1.807, 2.05) is 25.3 Å². The molecule has 7 heteroatoms. The van der Waals surface area contributed by atoms with E-state index in [1.165, 1.54) is 18.6 Å². The molecule has 3 aromatic rings. The summed E-state index contributed by atoms with van der Waals surface area (Å²) in [6.45, 7) is 2.64. The first-order valence-corrected chi connectivity index (χ1v) is 11.3. The number of hydrogen-bond acceptors (Lipinski definition) is 3. The molecule has 1 aliphatic heterocycles. The molecule has 0 saturated carbocycles. The molecule has 1 saturated heterocycles. The molecule has 2 amide bonds. The van der Waals surface area contributed by atoms with Gasteiger partial charge in [0.05, 0.1) is 7.11 Å². The van der Waals surface area contributed by atoms with Crippen molar-refractivity contribution in [2.75, 3.05) is 7.11 Å². The minimum absolute atomic E-state index is 0.0542. The molecule has 0 radical (unpaired) electrons. The van der Waals surface area contributed by atoms with Crippen LogP contribution in [0.5, 0.6) is 5.75 Å². The fourth-order valence-corrected chi connectivity index (χ4v) is 4.69. The van der Waals surface area contributed by atoms with Crippen molar-refractivity contribution in [2.24, 2.45) is 0 Å². The maximum absolute atomic E-state index is 14.5. The van der Waals surface area contributed by atoms with Crippen molar-refractivity contribution >= 4 is 22.7 Å². The van der Waals surface area contributed by atoms with Gasteiger partial charge in [0.2, 0.25) is 11.8 Å². The van der Waals surface area contributed by atoms with E-state index in [2.05, 4.69) is 33.4 Å². The van der Waals surface area contributed by atoms with E-state index in [9.17, 15) is 14.0 Å². The van der Waals surface area contributed by atoms with Crippen molar-refractivity contribution < 1.29 is 18.7 Å². The van der Waals surface area contributed by atoms with Crippen molar-refractivity contribution in [3.05, 3.63) is 66.1 Å². The maximum atomic E-state index is 14.5. The number of rotatable bonds is 9. The van der Waals surface area contributed by atoms with Gasteiger partial charge in [0, 0.05) is 48.7 Å². The van der Waals surface area contributed by atoms with Crippen LogP contribution in [0.1, 0.15) is 38.2 Å². The SMILES string of the molecule is COc1ccc(C[C@@]2(CCC(=O)N[C@@H](C)Cn3ccc4ccccc43)CCC(=O)N2)c(F)c1. The molecule has 33 heavy (non-hydrogen) atoms. The molecule has 2 heterocycles. The predicted octanol–water partition coefficient (Wildman–Crippen LogP) is 3.97. The van der Waals surface area contributed by atoms with Gasteiger partial charge in [-0.1, -0.05) is 24.3 Å². The number of benzene rings is 2. The molecule has 1 aliphatic rings. The van der Waals surface area contributed by atoms with Crippen molar-refractivity contribution in [1.82, 2.24) is 15.2 Å². The van der Waals surface area contributed by atoms with Crippen molar-refractivity contribution in [1.29, 1.82) is 0 Å². The van der Waals surface area contributed by atoms with E-state index in [0.717, 1.165) is 5.52 Å². The van der Waals surface area contributed by atoms with Crippen LogP contribution in [0.4, 0.5) is 4.39 Å². The Kier molecular flexibility index (Phi) is 6.67. The lowest BCUT2D eigenvalue weighted by Gasteiger charge is -2.30. The zero-order valence-corrected chi connectivity index (χ0v) is 19.1. The van der Waals surface area contributed by atoms with Crippen molar-refractivity contribution in [3.63, 3.8) is 0 Å². The van der Waals surface area contributed by atoms with Gasteiger partial charge in [-0.05, 0) is 55.3 Å². The predicted molar refractivity (Wildman–Crippen MR) is 126 cm³/mol. The summed E-state index contributed by atoms with van der Waals surface area (Å²) < 4.78 is 21.8. The summed E-state index contributed by atoms with van der Waals surface area (Å²) in [6.07, 6.45) is 4.04. The van der Waals surface area contributed by atoms with E-state index >= 15 is 0 Å². The van der Waals surface area contributed by atoms with Crippen LogP contribution in [0.15, 0.2) is 54.7 Å². The van der Waals surface area contributed by atoms with Gasteiger partial charge in [0.1, 0.15) is 11.6 Å². The molecule has 2 atom stereocenters. The lowest BCUT2D eigenvalue weighted by Crippen LogP contribution is -2.45. The standard InChI is InChI=1S/C26H30FN3O3/c1-18(17-30-14-11-19-5-3-4-6-23(19)30)28-24(31)9-12-26(13-10-25(32)29-26)16-20-7-8-21(33-2)15-22(20)27/h3-8,11,14-15,18H,9-10,12-13,16-17H2,1-2H3,(H,28,31)(H,29,32)/t18-,26+/m0/s1. The fraction of sp³-hybridized carbons (Fsp3) is 0.385. The maximum Gasteiger partial charge on any atom is 0.220 e. The second-order valence-corrected chi connectivity index (χ2v) is 8.96. The van der Waals surface area contributed by atoms with Gasteiger partial charge in [-0.2, -0.15) is 0 Å². The number of amides is 2. The number of carbonyl (C=O) groups is 2. The van der Waals surface area contributed by atoms with E-state index < -0.39 is 5.54 Å². The van der Waals surface area contributed by atoms with E-state index in [4.69, 9.17) is 4.74 Å². The van der Waals surface area contributed by atoms with Gasteiger partial charge < -0.3 is 19.9 Å². The first kappa shape index (κ1) is 22.8. The summed E-state index contributed by atoms with van der Waals surface area (Å²) in [6, 6.07) is 14.9. The molecular formula is C26H30FN3O3. The van der Waals surface area contributed by atoms with Crippen molar-refractivity contribution in [2.45, 2.75) is 57.2 Å². The van der Waals surface area contributed by atoms with Crippen LogP contribution in [0.2, 0.25) is 0 Å². The Hall–Kier alpha value is -3.35. The highest BCUT2D eigenvalue weighted by Crippen LogP contribution is 2.31. The Bertz CT molecular complexity index is 1160. The van der Waals surface area contributed by atoms with Gasteiger partial charge in [-0.3, -0.25) is 9.59 Å². The molecule has 0 spiro atoms. The van der Waals surface area contributed by atoms with Gasteiger partial charge in [0.25, 0.3) is 0 Å². The molecule has 2 N–H and O–H groups in total. The fourth-order valence-electron chi connectivity index (χ4n) is 4.69. The lowest BCUT2D eigenvalue weighted by molar-refractivity contribution is -0.123. The number of nitrogens with one attached hydrogen (secondary N) is 2. The number of ether oxygens (including phenoxy) is 1. The van der Waals surface area contributed by atoms with Crippen LogP contribution in [0.25, 0.3) is 10.9 Å². The molecule has 0 unspecified atom stereocenters. The number of carbonyl (C=O) groups excluding carboxylic acids is 2. The van der Waals surface area contributed by atoms with Crippen LogP contribution in [0.3, 0.4) is 0 Å². The Morgan fingerprint density at radius 2 is 2.09 bits per heavy atom. The second-order valence-electron chi connectivity index (χ2n) is 8.96. The molecular weight excluding hydrogens is 421 g/mol. The normalized spacial score (nSPS) is 18.8. The van der Waals surface area contributed by atoms with Crippen LogP contribution in [0, 0.1) is 5.82 Å². The van der Waals surface area contributed by atoms with Crippen LogP contribution in [-0.2, 0) is 22.6 Å². The highest BCUT2D eigenvalue weighted by atomic mass is 19.1. The molecule has 0 aliphatic carbocycles. The number of para-hydroxylation sites is 1. The van der Waals surface area contributed by atoms with E-state index in [-0.39, 0.29) is 30.1 Å². The summed E-state index contributed by atoms with van der Waals surface area (Å²) in [5, 5.41) is 7.25. The third-order valence-electron chi connectivity index (χ3n) is 6.41. The number of methoxy groups -OCH3 is 1. The third-order valence-corrected chi connectivity index (χ3v) is 6.41. The van der Waals surface area contributed by atoms with Crippen LogP contribution < -0.4 is 15.4 Å². The average molecular weight is 452 g/mol. The Morgan fingerprint density at radius 1 is 1.27 bits per heavy atom. The second kappa shape index (κ2) is 9.65. The lowest BCUT2D eigenvalue weighted by atomic mass is 9.84. The average Bonchev–Trinajstić information content (AvgIpc) is 3.37. The van der Waals surface area contributed by atoms with Crippen LogP contribution in [-0.4, -0.2) is 35.1 Å². The number of aromatic nitrogens is 1. The molecule has 2 aromatic carbocycles. The minimum atomic E-state index is -0.621. The Labute approximate surface area is 193 Å². The number of hydrogen-bond donors (Lipinski definition) is 2. The molecule has 6 nitrogen and oxygen atoms in total. The van der Waals surface area contributed by atoms with Gasteiger partial charge in [-0.15, -0.1) is 0 Å². The monoisotopic (exact) mass is 451 g/mol. The third kappa shape index (κ3) is 5.35. The largest absolute Gasteiger partial charge is 0.497 e. The van der Waals surface area contributed by atoms with Gasteiger partial charge >= 0.3 is 0 Å². The van der Waals surface area contributed by atoms with Crippen molar-refractivity contribution in [3.8, 4) is 5.75 Å². The zero-order chi connectivity index (χ0) is 23.4. The zero-order valence-electron chi connectivity index (χ0n) is 19.1. The smallest absolute Gasteiger partial charge is 0.220 e. The molecule has 174 valence electrons. The summed E-state index contributed by atoms with van der Waals surface area (Å²) in [4.78, 5) is 24.7. The Balaban J connectivity index is 1.36. The van der Waals surface area contributed by atoms with E-state index in [0.29, 0.717) is 43.5 Å². The summed E-state index contributed by atoms with van der Waals surface area (Å²) >= 11 is 0. The molecule has 1 fully saturated rings. The minimum Gasteiger partial charge on any atom is -0.497 e. The van der Waals surface area contributed by atoms with Crippen LogP contribution >= 0.6 is 0 Å². The number of halogens is 1. The first-order valence-electron chi connectivity index (χ1n) is 11.3. The summed E-state index contributed by atoms with van der Waals surface area (Å²) in [7, 11) is 1.49. The molecule has 0 bridgehead atoms. The summed E-state index contributed by atoms with van der Waals surface area (Å²) in [5.74, 6) is -0.0524. The van der Waals surface area contributed by atoms with E-state index in [1.54, 1.807) is 12.1 Å². The Morgan fingerprint density at radius 3 is 2.82 bits per heavy atom. The topological polar surface area (TPSA) is 72.4 Å². The quantitative estimate of drug-likeness (QED) is 0.517. The van der Waals surface area contributed by atoms with Gasteiger partial charge in [-0.25, -0.2) is 4.39 Å². The molecule has 4 rings (SSSR count). The van der Waals surface area contributed by atoms with Gasteiger partial charge in [0.15, 0.2) is 0 Å². The summed E-state index contributed by atoms with van der Waals surface area (Å²) in [5.41, 5.74) is 1.02. The first-order chi connectivity index (χ1) is 15.9.